The predicted molar refractivity (Wildman–Crippen MR) is 107 cm³/mol. The van der Waals surface area contributed by atoms with E-state index in [1.165, 1.54) is 24.3 Å². The maximum Gasteiger partial charge on any atom is 0.314 e. The summed E-state index contributed by atoms with van der Waals surface area (Å²) in [5.41, 5.74) is 0.131. The number of benzene rings is 1. The molecule has 29 heavy (non-hydrogen) atoms. The average molecular weight is 398 g/mol. The van der Waals surface area contributed by atoms with Crippen molar-refractivity contribution >= 4 is 11.9 Å². The van der Waals surface area contributed by atoms with Crippen LogP contribution in [0.15, 0.2) is 48.7 Å². The summed E-state index contributed by atoms with van der Waals surface area (Å²) in [4.78, 5) is 30.7. The number of aliphatic hydroxyl groups is 1. The molecule has 7 heteroatoms. The average Bonchev–Trinajstić information content (AvgIpc) is 2.75. The summed E-state index contributed by atoms with van der Waals surface area (Å²) in [6, 6.07) is 12.9. The number of rotatable bonds is 7. The van der Waals surface area contributed by atoms with E-state index in [0.717, 1.165) is 12.0 Å². The second-order valence-corrected chi connectivity index (χ2v) is 7.42. The van der Waals surface area contributed by atoms with Gasteiger partial charge >= 0.3 is 5.97 Å². The molecule has 1 amide bonds. The highest BCUT2D eigenvalue weighted by molar-refractivity contribution is 5.95. The fourth-order valence-corrected chi connectivity index (χ4v) is 3.90. The Morgan fingerprint density at radius 2 is 2.03 bits per heavy atom. The second kappa shape index (κ2) is 9.05. The monoisotopic (exact) mass is 398 g/mol. The van der Waals surface area contributed by atoms with Crippen molar-refractivity contribution in [3.63, 3.8) is 0 Å². The van der Waals surface area contributed by atoms with Gasteiger partial charge in [0.1, 0.15) is 5.41 Å². The van der Waals surface area contributed by atoms with Crippen LogP contribution in [0.5, 0.6) is 5.88 Å². The van der Waals surface area contributed by atoms with Crippen LogP contribution in [0.1, 0.15) is 35.2 Å². The van der Waals surface area contributed by atoms with Gasteiger partial charge in [-0.25, -0.2) is 4.98 Å². The summed E-state index contributed by atoms with van der Waals surface area (Å²) in [5.74, 6) is -1.03. The largest absolute Gasteiger partial charge is 0.481 e. The molecule has 1 aromatic heterocycles. The third kappa shape index (κ3) is 4.56. The van der Waals surface area contributed by atoms with Crippen molar-refractivity contribution in [2.75, 3.05) is 20.2 Å². The summed E-state index contributed by atoms with van der Waals surface area (Å²) in [6.07, 6.45) is 2.34. The lowest BCUT2D eigenvalue weighted by Gasteiger charge is -2.43. The Hall–Kier alpha value is -2.93. The van der Waals surface area contributed by atoms with Gasteiger partial charge in [-0.05, 0) is 37.3 Å². The molecule has 0 spiro atoms. The third-order valence-corrected chi connectivity index (χ3v) is 5.62. The zero-order valence-corrected chi connectivity index (χ0v) is 16.5. The number of hydrogen-bond donors (Lipinski definition) is 2. The predicted octanol–water partition coefficient (Wildman–Crippen LogP) is 2.39. The van der Waals surface area contributed by atoms with E-state index in [9.17, 15) is 19.8 Å². The van der Waals surface area contributed by atoms with E-state index in [4.69, 9.17) is 4.74 Å². The molecule has 2 atom stereocenters. The smallest absolute Gasteiger partial charge is 0.314 e. The molecule has 2 heterocycles. The van der Waals surface area contributed by atoms with E-state index in [1.807, 2.05) is 30.3 Å². The van der Waals surface area contributed by atoms with Gasteiger partial charge in [0.2, 0.25) is 5.88 Å². The van der Waals surface area contributed by atoms with Crippen molar-refractivity contribution in [1.82, 2.24) is 9.88 Å². The van der Waals surface area contributed by atoms with Gasteiger partial charge in [0, 0.05) is 30.9 Å². The molecule has 154 valence electrons. The molecule has 1 saturated heterocycles. The van der Waals surface area contributed by atoms with E-state index >= 15 is 0 Å². The number of likely N-dealkylation sites (tertiary alicyclic amines) is 1. The SMILES string of the molecule is COc1cc(C(=O)N2CC[C@@H](O)[C@](CCCc3ccccc3)(C(=O)O)C2)ccn1. The molecule has 3 rings (SSSR count). The standard InChI is InChI=1S/C22H26N2O5/c1-29-19-14-17(9-12-23-19)20(26)24-13-10-18(25)22(15-24,21(27)28)11-5-8-16-6-3-2-4-7-16/h2-4,6-7,9,12,14,18,25H,5,8,10-11,13,15H2,1H3,(H,27,28)/t18-,22-/m1/s1. The number of carboxylic acid groups (broad SMARTS) is 1. The first kappa shape index (κ1) is 20.8. The minimum Gasteiger partial charge on any atom is -0.481 e. The minimum atomic E-state index is -1.38. The maximum absolute atomic E-state index is 12.9. The fraction of sp³-hybridized carbons (Fsp3) is 0.409. The van der Waals surface area contributed by atoms with Crippen LogP contribution in [0.25, 0.3) is 0 Å². The van der Waals surface area contributed by atoms with E-state index in [0.29, 0.717) is 30.8 Å². The number of ether oxygens (including phenoxy) is 1. The van der Waals surface area contributed by atoms with E-state index in [-0.39, 0.29) is 18.9 Å². The van der Waals surface area contributed by atoms with Gasteiger partial charge in [0.25, 0.3) is 5.91 Å². The maximum atomic E-state index is 12.9. The first-order chi connectivity index (χ1) is 14.0. The summed E-state index contributed by atoms with van der Waals surface area (Å²) >= 11 is 0. The third-order valence-electron chi connectivity index (χ3n) is 5.62. The quantitative estimate of drug-likeness (QED) is 0.743. The molecule has 1 aromatic carbocycles. The number of aromatic nitrogens is 1. The van der Waals surface area contributed by atoms with Crippen LogP contribution in [0.2, 0.25) is 0 Å². The Morgan fingerprint density at radius 1 is 1.28 bits per heavy atom. The van der Waals surface area contributed by atoms with Crippen molar-refractivity contribution in [3.05, 3.63) is 59.8 Å². The van der Waals surface area contributed by atoms with Crippen molar-refractivity contribution in [3.8, 4) is 5.88 Å². The van der Waals surface area contributed by atoms with Crippen LogP contribution in [0.3, 0.4) is 0 Å². The molecule has 1 fully saturated rings. The van der Waals surface area contributed by atoms with Gasteiger partial charge in [-0.1, -0.05) is 30.3 Å². The highest BCUT2D eigenvalue weighted by Gasteiger charge is 2.49. The lowest BCUT2D eigenvalue weighted by atomic mass is 9.73. The zero-order chi connectivity index (χ0) is 20.9. The number of pyridine rings is 1. The minimum absolute atomic E-state index is 0.0260. The summed E-state index contributed by atoms with van der Waals surface area (Å²) in [7, 11) is 1.47. The topological polar surface area (TPSA) is 100.0 Å². The number of piperidine rings is 1. The fourth-order valence-electron chi connectivity index (χ4n) is 3.90. The molecule has 0 unspecified atom stereocenters. The molecule has 0 saturated carbocycles. The molecule has 0 bridgehead atoms. The van der Waals surface area contributed by atoms with Crippen LogP contribution >= 0.6 is 0 Å². The molecule has 1 aliphatic rings. The van der Waals surface area contributed by atoms with E-state index < -0.39 is 17.5 Å². The molecular weight excluding hydrogens is 372 g/mol. The Bertz CT molecular complexity index is 857. The van der Waals surface area contributed by atoms with E-state index in [1.54, 1.807) is 6.07 Å². The summed E-state index contributed by atoms with van der Waals surface area (Å²) in [6.45, 7) is 0.278. The number of aliphatic hydroxyl groups excluding tert-OH is 1. The number of carbonyl (C=O) groups excluding carboxylic acids is 1. The Labute approximate surface area is 170 Å². The number of aryl methyl sites for hydroxylation is 1. The van der Waals surface area contributed by atoms with E-state index in [2.05, 4.69) is 4.98 Å². The normalized spacial score (nSPS) is 21.6. The second-order valence-electron chi connectivity index (χ2n) is 7.42. The Kier molecular flexibility index (Phi) is 6.49. The van der Waals surface area contributed by atoms with Gasteiger partial charge in [0.05, 0.1) is 13.2 Å². The van der Waals surface area contributed by atoms with Crippen molar-refractivity contribution in [2.24, 2.45) is 5.41 Å². The van der Waals surface area contributed by atoms with Crippen LogP contribution in [0, 0.1) is 5.41 Å². The molecule has 0 aliphatic carbocycles. The van der Waals surface area contributed by atoms with Gasteiger partial charge in [0.15, 0.2) is 0 Å². The molecule has 1 aliphatic heterocycles. The lowest BCUT2D eigenvalue weighted by Crippen LogP contribution is -2.57. The van der Waals surface area contributed by atoms with Gasteiger partial charge in [-0.2, -0.15) is 0 Å². The van der Waals surface area contributed by atoms with Crippen LogP contribution < -0.4 is 4.74 Å². The van der Waals surface area contributed by atoms with Crippen LogP contribution in [-0.4, -0.2) is 58.3 Å². The summed E-state index contributed by atoms with van der Waals surface area (Å²) in [5, 5.41) is 20.6. The number of amides is 1. The van der Waals surface area contributed by atoms with Crippen LogP contribution in [-0.2, 0) is 11.2 Å². The van der Waals surface area contributed by atoms with Crippen molar-refractivity contribution < 1.29 is 24.5 Å². The number of methoxy groups -OCH3 is 1. The number of aliphatic carboxylic acids is 1. The molecule has 7 nitrogen and oxygen atoms in total. The van der Waals surface area contributed by atoms with Gasteiger partial charge in [-0.15, -0.1) is 0 Å². The first-order valence-corrected chi connectivity index (χ1v) is 9.71. The Balaban J connectivity index is 1.75. The van der Waals surface area contributed by atoms with Crippen molar-refractivity contribution in [2.45, 2.75) is 31.8 Å². The zero-order valence-electron chi connectivity index (χ0n) is 16.5. The molecule has 0 radical (unpaired) electrons. The highest BCUT2D eigenvalue weighted by Crippen LogP contribution is 2.36. The number of carboxylic acids is 1. The molecule has 2 N–H and O–H groups in total. The lowest BCUT2D eigenvalue weighted by molar-refractivity contribution is -0.162. The molecular formula is C22H26N2O5. The van der Waals surface area contributed by atoms with Gasteiger partial charge < -0.3 is 19.8 Å². The highest BCUT2D eigenvalue weighted by atomic mass is 16.5. The number of hydrogen-bond acceptors (Lipinski definition) is 5. The van der Waals surface area contributed by atoms with Crippen LogP contribution in [0.4, 0.5) is 0 Å². The Morgan fingerprint density at radius 3 is 2.72 bits per heavy atom. The van der Waals surface area contributed by atoms with Crippen molar-refractivity contribution in [1.29, 1.82) is 0 Å². The first-order valence-electron chi connectivity index (χ1n) is 9.71. The summed E-state index contributed by atoms with van der Waals surface area (Å²) < 4.78 is 5.07. The van der Waals surface area contributed by atoms with Gasteiger partial charge in [-0.3, -0.25) is 9.59 Å². The number of nitrogens with zero attached hydrogens (tertiary/aromatic N) is 2. The molecule has 2 aromatic rings. The number of carbonyl (C=O) groups is 2.